The lowest BCUT2D eigenvalue weighted by Gasteiger charge is -2.13. The van der Waals surface area contributed by atoms with Gasteiger partial charge in [0.15, 0.2) is 0 Å². The van der Waals surface area contributed by atoms with Crippen LogP contribution in [0.5, 0.6) is 5.75 Å². The molecule has 2 heteroatoms. The van der Waals surface area contributed by atoms with E-state index in [0.717, 1.165) is 30.6 Å². The van der Waals surface area contributed by atoms with Gasteiger partial charge in [0.1, 0.15) is 5.75 Å². The highest BCUT2D eigenvalue weighted by molar-refractivity contribution is 5.34. The van der Waals surface area contributed by atoms with Crippen LogP contribution in [0, 0.1) is 0 Å². The Kier molecular flexibility index (Phi) is 5.63. The fourth-order valence-corrected chi connectivity index (χ4v) is 2.22. The van der Waals surface area contributed by atoms with Gasteiger partial charge in [-0.3, -0.25) is 0 Å². The van der Waals surface area contributed by atoms with E-state index >= 15 is 0 Å². The molecule has 1 atom stereocenters. The minimum atomic E-state index is -0.490. The molecule has 0 aromatic heterocycles. The molecule has 0 amide bonds. The summed E-state index contributed by atoms with van der Waals surface area (Å²) in [7, 11) is 0. The van der Waals surface area contributed by atoms with Crippen molar-refractivity contribution < 1.29 is 9.84 Å². The zero-order chi connectivity index (χ0) is 14.2. The first-order valence-corrected chi connectivity index (χ1v) is 7.21. The SMILES string of the molecule is CC(O)c1ccccc1OCCCCc1ccccc1. The third-order valence-electron chi connectivity index (χ3n) is 3.33. The van der Waals surface area contributed by atoms with Crippen LogP contribution >= 0.6 is 0 Å². The molecule has 0 spiro atoms. The lowest BCUT2D eigenvalue weighted by Crippen LogP contribution is -2.02. The number of unbranched alkanes of at least 4 members (excludes halogenated alkanes) is 1. The van der Waals surface area contributed by atoms with Crippen LogP contribution < -0.4 is 4.74 Å². The van der Waals surface area contributed by atoms with Gasteiger partial charge >= 0.3 is 0 Å². The molecule has 2 rings (SSSR count). The summed E-state index contributed by atoms with van der Waals surface area (Å²) in [5, 5.41) is 9.68. The van der Waals surface area contributed by atoms with E-state index in [1.165, 1.54) is 5.56 Å². The second-order valence-electron chi connectivity index (χ2n) is 5.00. The fraction of sp³-hybridized carbons (Fsp3) is 0.333. The van der Waals surface area contributed by atoms with Gasteiger partial charge in [-0.05, 0) is 37.8 Å². The van der Waals surface area contributed by atoms with Gasteiger partial charge in [-0.25, -0.2) is 0 Å². The Balaban J connectivity index is 1.74. The Morgan fingerprint density at radius 1 is 0.950 bits per heavy atom. The smallest absolute Gasteiger partial charge is 0.125 e. The molecule has 106 valence electrons. The van der Waals surface area contributed by atoms with Crippen LogP contribution in [0.4, 0.5) is 0 Å². The Bertz CT molecular complexity index is 506. The molecule has 0 radical (unpaired) electrons. The first kappa shape index (κ1) is 14.6. The van der Waals surface area contributed by atoms with Crippen molar-refractivity contribution in [3.05, 3.63) is 65.7 Å². The van der Waals surface area contributed by atoms with Crippen LogP contribution in [0.1, 0.15) is 37.0 Å². The monoisotopic (exact) mass is 270 g/mol. The Labute approximate surface area is 121 Å². The second kappa shape index (κ2) is 7.71. The van der Waals surface area contributed by atoms with Crippen molar-refractivity contribution in [3.8, 4) is 5.75 Å². The number of aliphatic hydroxyl groups is 1. The average molecular weight is 270 g/mol. The lowest BCUT2D eigenvalue weighted by atomic mass is 10.1. The van der Waals surface area contributed by atoms with Gasteiger partial charge < -0.3 is 9.84 Å². The summed E-state index contributed by atoms with van der Waals surface area (Å²) in [4.78, 5) is 0. The van der Waals surface area contributed by atoms with Crippen molar-refractivity contribution in [2.45, 2.75) is 32.3 Å². The third-order valence-corrected chi connectivity index (χ3v) is 3.33. The molecule has 20 heavy (non-hydrogen) atoms. The summed E-state index contributed by atoms with van der Waals surface area (Å²) >= 11 is 0. The number of rotatable bonds is 7. The molecule has 0 fully saturated rings. The molecule has 2 nitrogen and oxygen atoms in total. The third kappa shape index (κ3) is 4.39. The van der Waals surface area contributed by atoms with Gasteiger partial charge in [-0.15, -0.1) is 0 Å². The maximum absolute atomic E-state index is 9.68. The first-order chi connectivity index (χ1) is 9.77. The highest BCUT2D eigenvalue weighted by atomic mass is 16.5. The summed E-state index contributed by atoms with van der Waals surface area (Å²) in [6.07, 6.45) is 2.72. The summed E-state index contributed by atoms with van der Waals surface area (Å²) < 4.78 is 5.78. The second-order valence-corrected chi connectivity index (χ2v) is 5.00. The molecule has 0 aliphatic rings. The van der Waals surface area contributed by atoms with Crippen molar-refractivity contribution in [2.75, 3.05) is 6.61 Å². The molecular formula is C18H22O2. The molecule has 1 unspecified atom stereocenters. The van der Waals surface area contributed by atoms with Crippen LogP contribution in [-0.4, -0.2) is 11.7 Å². The summed E-state index contributed by atoms with van der Waals surface area (Å²) in [6, 6.07) is 18.2. The lowest BCUT2D eigenvalue weighted by molar-refractivity contribution is 0.191. The van der Waals surface area contributed by atoms with Crippen molar-refractivity contribution >= 4 is 0 Å². The Morgan fingerprint density at radius 3 is 2.40 bits per heavy atom. The predicted molar refractivity (Wildman–Crippen MR) is 82.0 cm³/mol. The van der Waals surface area contributed by atoms with Gasteiger partial charge in [-0.1, -0.05) is 48.5 Å². The fourth-order valence-electron chi connectivity index (χ4n) is 2.22. The molecule has 1 N–H and O–H groups in total. The summed E-state index contributed by atoms with van der Waals surface area (Å²) in [5.74, 6) is 0.794. The largest absolute Gasteiger partial charge is 0.493 e. The summed E-state index contributed by atoms with van der Waals surface area (Å²) in [6.45, 7) is 2.45. The zero-order valence-corrected chi connectivity index (χ0v) is 12.0. The van der Waals surface area contributed by atoms with E-state index in [-0.39, 0.29) is 0 Å². The number of para-hydroxylation sites is 1. The molecule has 0 heterocycles. The minimum absolute atomic E-state index is 0.490. The van der Waals surface area contributed by atoms with E-state index in [0.29, 0.717) is 6.61 Å². The first-order valence-electron chi connectivity index (χ1n) is 7.21. The van der Waals surface area contributed by atoms with Gasteiger partial charge in [0, 0.05) is 5.56 Å². The number of hydrogen-bond donors (Lipinski definition) is 1. The van der Waals surface area contributed by atoms with Crippen LogP contribution in [-0.2, 0) is 6.42 Å². The van der Waals surface area contributed by atoms with E-state index in [2.05, 4.69) is 24.3 Å². The van der Waals surface area contributed by atoms with Crippen molar-refractivity contribution in [2.24, 2.45) is 0 Å². The van der Waals surface area contributed by atoms with E-state index in [4.69, 9.17) is 4.74 Å². The average Bonchev–Trinajstić information content (AvgIpc) is 2.48. The van der Waals surface area contributed by atoms with Gasteiger partial charge in [0.05, 0.1) is 12.7 Å². The zero-order valence-electron chi connectivity index (χ0n) is 12.0. The molecule has 0 saturated carbocycles. The topological polar surface area (TPSA) is 29.5 Å². The maximum atomic E-state index is 9.68. The molecule has 2 aromatic carbocycles. The van der Waals surface area contributed by atoms with Crippen LogP contribution in [0.3, 0.4) is 0 Å². The molecule has 0 aliphatic heterocycles. The number of ether oxygens (including phenoxy) is 1. The Hall–Kier alpha value is -1.80. The van der Waals surface area contributed by atoms with E-state index in [1.807, 2.05) is 30.3 Å². The van der Waals surface area contributed by atoms with Crippen LogP contribution in [0.25, 0.3) is 0 Å². The standard InChI is InChI=1S/C18H22O2/c1-15(19)17-12-5-6-13-18(17)20-14-8-7-11-16-9-3-2-4-10-16/h2-6,9-10,12-13,15,19H,7-8,11,14H2,1H3. The van der Waals surface area contributed by atoms with E-state index < -0.39 is 6.10 Å². The highest BCUT2D eigenvalue weighted by Crippen LogP contribution is 2.24. The van der Waals surface area contributed by atoms with Crippen LogP contribution in [0.2, 0.25) is 0 Å². The quantitative estimate of drug-likeness (QED) is 0.766. The van der Waals surface area contributed by atoms with Crippen molar-refractivity contribution in [3.63, 3.8) is 0 Å². The van der Waals surface area contributed by atoms with Gasteiger partial charge in [0.25, 0.3) is 0 Å². The number of aryl methyl sites for hydroxylation is 1. The summed E-state index contributed by atoms with van der Waals surface area (Å²) in [5.41, 5.74) is 2.23. The predicted octanol–water partition coefficient (Wildman–Crippen LogP) is 4.14. The molecular weight excluding hydrogens is 248 g/mol. The maximum Gasteiger partial charge on any atom is 0.125 e. The molecule has 0 aliphatic carbocycles. The van der Waals surface area contributed by atoms with E-state index in [9.17, 15) is 5.11 Å². The number of benzene rings is 2. The van der Waals surface area contributed by atoms with Crippen LogP contribution in [0.15, 0.2) is 54.6 Å². The van der Waals surface area contributed by atoms with Gasteiger partial charge in [-0.2, -0.15) is 0 Å². The number of hydrogen-bond acceptors (Lipinski definition) is 2. The number of aliphatic hydroxyl groups excluding tert-OH is 1. The van der Waals surface area contributed by atoms with Crippen molar-refractivity contribution in [1.29, 1.82) is 0 Å². The molecule has 0 saturated heterocycles. The normalized spacial score (nSPS) is 12.1. The Morgan fingerprint density at radius 2 is 1.65 bits per heavy atom. The molecule has 0 bridgehead atoms. The molecule has 2 aromatic rings. The van der Waals surface area contributed by atoms with Gasteiger partial charge in [0.2, 0.25) is 0 Å². The minimum Gasteiger partial charge on any atom is -0.493 e. The highest BCUT2D eigenvalue weighted by Gasteiger charge is 2.07. The van der Waals surface area contributed by atoms with E-state index in [1.54, 1.807) is 6.92 Å². The van der Waals surface area contributed by atoms with Crippen molar-refractivity contribution in [1.82, 2.24) is 0 Å².